The number of rotatable bonds is 4. The summed E-state index contributed by atoms with van der Waals surface area (Å²) >= 11 is 1.56. The van der Waals surface area contributed by atoms with Crippen molar-refractivity contribution in [1.82, 2.24) is 9.88 Å². The predicted molar refractivity (Wildman–Crippen MR) is 113 cm³/mol. The summed E-state index contributed by atoms with van der Waals surface area (Å²) < 4.78 is 0. The van der Waals surface area contributed by atoms with Gasteiger partial charge >= 0.3 is 0 Å². The maximum atomic E-state index is 10.9. The first-order chi connectivity index (χ1) is 13.7. The normalized spacial score (nSPS) is 15.9. The highest BCUT2D eigenvalue weighted by molar-refractivity contribution is 7.15. The van der Waals surface area contributed by atoms with Gasteiger partial charge in [-0.25, -0.2) is 4.98 Å². The van der Waals surface area contributed by atoms with Crippen molar-refractivity contribution in [3.05, 3.63) is 64.7 Å². The molecule has 0 spiro atoms. The van der Waals surface area contributed by atoms with Gasteiger partial charge in [0, 0.05) is 18.7 Å². The van der Waals surface area contributed by atoms with Gasteiger partial charge in [0.15, 0.2) is 6.23 Å². The summed E-state index contributed by atoms with van der Waals surface area (Å²) in [5.41, 5.74) is 4.76. The molecule has 1 aliphatic rings. The third-order valence-corrected chi connectivity index (χ3v) is 6.35. The summed E-state index contributed by atoms with van der Waals surface area (Å²) in [6.45, 7) is 3.89. The van der Waals surface area contributed by atoms with Crippen LogP contribution in [-0.2, 0) is 0 Å². The fraction of sp³-hybridized carbons (Fsp3) is 0.304. The Hall–Kier alpha value is -2.52. The maximum Gasteiger partial charge on any atom is 0.160 e. The number of hydrogen-bond donors (Lipinski definition) is 1. The number of piperidine rings is 1. The van der Waals surface area contributed by atoms with Crippen molar-refractivity contribution < 1.29 is 5.11 Å². The molecule has 1 saturated heterocycles. The predicted octanol–water partition coefficient (Wildman–Crippen LogP) is 5.13. The number of hydrogen-bond acceptors (Lipinski definition) is 5. The number of aliphatic hydroxyl groups is 1. The molecule has 1 unspecified atom stereocenters. The van der Waals surface area contributed by atoms with E-state index in [1.807, 2.05) is 24.3 Å². The van der Waals surface area contributed by atoms with Gasteiger partial charge in [-0.2, -0.15) is 5.26 Å². The molecule has 1 aliphatic heterocycles. The SMILES string of the molecule is Cc1ccc(-c2sc(C(O)N3CCCCC3)nc2-c2ccc(C#N)cc2)cc1. The molecule has 0 saturated carbocycles. The second-order valence-electron chi connectivity index (χ2n) is 7.26. The number of likely N-dealkylation sites (tertiary alicyclic amines) is 1. The Morgan fingerprint density at radius 3 is 2.29 bits per heavy atom. The van der Waals surface area contributed by atoms with Crippen molar-refractivity contribution in [2.45, 2.75) is 32.4 Å². The average Bonchev–Trinajstić information content (AvgIpc) is 3.20. The lowest BCUT2D eigenvalue weighted by atomic mass is 10.0. The minimum atomic E-state index is -0.665. The van der Waals surface area contributed by atoms with E-state index in [0.717, 1.165) is 52.6 Å². The van der Waals surface area contributed by atoms with Gasteiger partial charge in [0.1, 0.15) is 5.01 Å². The van der Waals surface area contributed by atoms with Crippen LogP contribution in [0.1, 0.15) is 41.6 Å². The third-order valence-electron chi connectivity index (χ3n) is 5.20. The fourth-order valence-electron chi connectivity index (χ4n) is 3.57. The van der Waals surface area contributed by atoms with Crippen LogP contribution in [0.15, 0.2) is 48.5 Å². The standard InChI is InChI=1S/C23H23N3OS/c1-16-5-9-19(10-6-16)21-20(18-11-7-17(15-24)8-12-18)25-22(28-21)23(27)26-13-3-2-4-14-26/h5-12,23,27H,2-4,13-14H2,1H3. The van der Waals surface area contributed by atoms with Crippen LogP contribution in [0.5, 0.6) is 0 Å². The Kier molecular flexibility index (Phi) is 5.54. The lowest BCUT2D eigenvalue weighted by molar-refractivity contribution is -0.00990. The van der Waals surface area contributed by atoms with Crippen LogP contribution in [0.4, 0.5) is 0 Å². The summed E-state index contributed by atoms with van der Waals surface area (Å²) in [7, 11) is 0. The van der Waals surface area contributed by atoms with E-state index in [4.69, 9.17) is 10.2 Å². The van der Waals surface area contributed by atoms with E-state index in [1.54, 1.807) is 11.3 Å². The first-order valence-electron chi connectivity index (χ1n) is 9.66. The van der Waals surface area contributed by atoms with Crippen molar-refractivity contribution in [2.75, 3.05) is 13.1 Å². The fourth-order valence-corrected chi connectivity index (χ4v) is 4.68. The van der Waals surface area contributed by atoms with Crippen molar-refractivity contribution in [1.29, 1.82) is 5.26 Å². The highest BCUT2D eigenvalue weighted by atomic mass is 32.1. The van der Waals surface area contributed by atoms with Gasteiger partial charge in [-0.05, 0) is 37.5 Å². The largest absolute Gasteiger partial charge is 0.372 e. The highest BCUT2D eigenvalue weighted by Gasteiger charge is 2.25. The lowest BCUT2D eigenvalue weighted by Gasteiger charge is -2.29. The number of thiazole rings is 1. The monoisotopic (exact) mass is 389 g/mol. The Morgan fingerprint density at radius 1 is 1.00 bits per heavy atom. The molecule has 0 radical (unpaired) electrons. The number of aliphatic hydroxyl groups excluding tert-OH is 1. The molecule has 5 heteroatoms. The maximum absolute atomic E-state index is 10.9. The summed E-state index contributed by atoms with van der Waals surface area (Å²) in [4.78, 5) is 8.02. The van der Waals surface area contributed by atoms with Gasteiger partial charge in [-0.15, -0.1) is 11.3 Å². The Morgan fingerprint density at radius 2 is 1.64 bits per heavy atom. The van der Waals surface area contributed by atoms with Crippen molar-refractivity contribution in [3.63, 3.8) is 0 Å². The van der Waals surface area contributed by atoms with E-state index in [-0.39, 0.29) is 0 Å². The molecule has 142 valence electrons. The van der Waals surface area contributed by atoms with Crippen molar-refractivity contribution >= 4 is 11.3 Å². The minimum absolute atomic E-state index is 0.629. The van der Waals surface area contributed by atoms with Gasteiger partial charge in [0.05, 0.1) is 22.2 Å². The zero-order valence-electron chi connectivity index (χ0n) is 15.9. The lowest BCUT2D eigenvalue weighted by Crippen LogP contribution is -2.33. The van der Waals surface area contributed by atoms with Crippen LogP contribution in [0, 0.1) is 18.3 Å². The molecule has 0 bridgehead atoms. The number of nitrogens with zero attached hydrogens (tertiary/aromatic N) is 3. The molecule has 28 heavy (non-hydrogen) atoms. The average molecular weight is 390 g/mol. The van der Waals surface area contributed by atoms with Gasteiger partial charge in [-0.1, -0.05) is 48.4 Å². The smallest absolute Gasteiger partial charge is 0.160 e. The molecular weight excluding hydrogens is 366 g/mol. The quantitative estimate of drug-likeness (QED) is 0.672. The summed E-state index contributed by atoms with van der Waals surface area (Å²) in [6, 6.07) is 18.1. The van der Waals surface area contributed by atoms with E-state index in [1.165, 1.54) is 12.0 Å². The molecule has 0 aliphatic carbocycles. The number of aryl methyl sites for hydroxylation is 1. The molecule has 2 aromatic carbocycles. The molecule has 1 atom stereocenters. The molecule has 1 N–H and O–H groups in total. The zero-order chi connectivity index (χ0) is 19.5. The molecule has 4 nitrogen and oxygen atoms in total. The Balaban J connectivity index is 1.76. The Bertz CT molecular complexity index is 980. The third kappa shape index (κ3) is 3.85. The molecule has 4 rings (SSSR count). The summed E-state index contributed by atoms with van der Waals surface area (Å²) in [5.74, 6) is 0. The second kappa shape index (κ2) is 8.24. The van der Waals surface area contributed by atoms with Gasteiger partial charge in [0.25, 0.3) is 0 Å². The molecule has 1 fully saturated rings. The van der Waals surface area contributed by atoms with Crippen LogP contribution in [0.25, 0.3) is 21.7 Å². The topological polar surface area (TPSA) is 60.1 Å². The summed E-state index contributed by atoms with van der Waals surface area (Å²) in [5, 5.41) is 20.7. The van der Waals surface area contributed by atoms with E-state index in [2.05, 4.69) is 42.2 Å². The minimum Gasteiger partial charge on any atom is -0.372 e. The van der Waals surface area contributed by atoms with E-state index < -0.39 is 6.23 Å². The first-order valence-corrected chi connectivity index (χ1v) is 10.5. The van der Waals surface area contributed by atoms with Gasteiger partial charge in [-0.3, -0.25) is 4.90 Å². The van der Waals surface area contributed by atoms with E-state index >= 15 is 0 Å². The number of nitriles is 1. The van der Waals surface area contributed by atoms with E-state index in [9.17, 15) is 5.11 Å². The number of benzene rings is 2. The van der Waals surface area contributed by atoms with Crippen LogP contribution in [-0.4, -0.2) is 28.1 Å². The first kappa shape index (κ1) is 18.8. The van der Waals surface area contributed by atoms with E-state index in [0.29, 0.717) is 5.56 Å². The molecular formula is C23H23N3OS. The zero-order valence-corrected chi connectivity index (χ0v) is 16.7. The van der Waals surface area contributed by atoms with Crippen molar-refractivity contribution in [3.8, 4) is 27.8 Å². The van der Waals surface area contributed by atoms with Crippen LogP contribution in [0.3, 0.4) is 0 Å². The Labute approximate surface area is 169 Å². The summed E-state index contributed by atoms with van der Waals surface area (Å²) in [6.07, 6.45) is 2.80. The van der Waals surface area contributed by atoms with Gasteiger partial charge < -0.3 is 5.11 Å². The second-order valence-corrected chi connectivity index (χ2v) is 8.29. The van der Waals surface area contributed by atoms with Crippen LogP contribution in [0.2, 0.25) is 0 Å². The number of aromatic nitrogens is 1. The van der Waals surface area contributed by atoms with Gasteiger partial charge in [0.2, 0.25) is 0 Å². The van der Waals surface area contributed by atoms with Crippen molar-refractivity contribution in [2.24, 2.45) is 0 Å². The molecule has 0 amide bonds. The van der Waals surface area contributed by atoms with Crippen LogP contribution >= 0.6 is 11.3 Å². The molecule has 2 heterocycles. The highest BCUT2D eigenvalue weighted by Crippen LogP contribution is 2.40. The van der Waals surface area contributed by atoms with Crippen LogP contribution < -0.4 is 0 Å². The molecule has 1 aromatic heterocycles. The molecule has 3 aromatic rings.